The van der Waals surface area contributed by atoms with E-state index in [1.807, 2.05) is 43.4 Å². The molecule has 0 unspecified atom stereocenters. The molecule has 1 N–H and O–H groups in total. The first-order chi connectivity index (χ1) is 10.3. The van der Waals surface area contributed by atoms with Crippen molar-refractivity contribution >= 4 is 10.9 Å². The van der Waals surface area contributed by atoms with Crippen molar-refractivity contribution in [2.45, 2.75) is 6.54 Å². The summed E-state index contributed by atoms with van der Waals surface area (Å²) in [5.41, 5.74) is 1.60. The van der Waals surface area contributed by atoms with E-state index in [1.54, 1.807) is 12.3 Å². The number of benzene rings is 2. The highest BCUT2D eigenvalue weighted by Gasteiger charge is 2.10. The minimum atomic E-state index is -0.371. The van der Waals surface area contributed by atoms with Crippen LogP contribution >= 0.6 is 0 Å². The molecule has 0 atom stereocenters. The Morgan fingerprint density at radius 1 is 1.14 bits per heavy atom. The van der Waals surface area contributed by atoms with Gasteiger partial charge >= 0.3 is 0 Å². The summed E-state index contributed by atoms with van der Waals surface area (Å²) < 4.78 is 19.8. The SMILES string of the molecule is CNCc1cccc(F)c1Oc1ccc2cccnc2c1. The number of nitrogens with one attached hydrogen (secondary N) is 1. The number of halogens is 1. The molecule has 0 aliphatic rings. The van der Waals surface area contributed by atoms with Crippen LogP contribution in [0.3, 0.4) is 0 Å². The molecule has 0 saturated heterocycles. The summed E-state index contributed by atoms with van der Waals surface area (Å²) in [6, 6.07) is 14.3. The number of nitrogens with zero attached hydrogens (tertiary/aromatic N) is 1. The van der Waals surface area contributed by atoms with Gasteiger partial charge in [0.05, 0.1) is 5.52 Å². The zero-order valence-corrected chi connectivity index (χ0v) is 11.6. The van der Waals surface area contributed by atoms with Gasteiger partial charge in [-0.3, -0.25) is 4.98 Å². The van der Waals surface area contributed by atoms with Crippen molar-refractivity contribution in [2.75, 3.05) is 7.05 Å². The predicted molar refractivity (Wildman–Crippen MR) is 81.0 cm³/mol. The monoisotopic (exact) mass is 282 g/mol. The second-order valence-corrected chi connectivity index (χ2v) is 4.72. The van der Waals surface area contributed by atoms with E-state index in [4.69, 9.17) is 4.74 Å². The van der Waals surface area contributed by atoms with E-state index in [2.05, 4.69) is 10.3 Å². The summed E-state index contributed by atoms with van der Waals surface area (Å²) >= 11 is 0. The molecular weight excluding hydrogens is 267 g/mol. The van der Waals surface area contributed by atoms with Crippen molar-refractivity contribution in [1.29, 1.82) is 0 Å². The molecule has 0 bridgehead atoms. The van der Waals surface area contributed by atoms with E-state index in [-0.39, 0.29) is 11.6 Å². The zero-order valence-electron chi connectivity index (χ0n) is 11.6. The van der Waals surface area contributed by atoms with Crippen LogP contribution < -0.4 is 10.1 Å². The maximum Gasteiger partial charge on any atom is 0.167 e. The second kappa shape index (κ2) is 5.89. The van der Waals surface area contributed by atoms with Crippen molar-refractivity contribution in [3.05, 3.63) is 66.1 Å². The third-order valence-electron chi connectivity index (χ3n) is 3.21. The summed E-state index contributed by atoms with van der Waals surface area (Å²) in [5.74, 6) is 0.453. The van der Waals surface area contributed by atoms with E-state index in [0.717, 1.165) is 16.5 Å². The van der Waals surface area contributed by atoms with Gasteiger partial charge < -0.3 is 10.1 Å². The molecule has 106 valence electrons. The van der Waals surface area contributed by atoms with Gasteiger partial charge in [0.1, 0.15) is 5.75 Å². The van der Waals surface area contributed by atoms with E-state index in [9.17, 15) is 4.39 Å². The number of hydrogen-bond acceptors (Lipinski definition) is 3. The van der Waals surface area contributed by atoms with Crippen LogP contribution in [0.25, 0.3) is 10.9 Å². The number of rotatable bonds is 4. The Morgan fingerprint density at radius 2 is 2.05 bits per heavy atom. The van der Waals surface area contributed by atoms with Gasteiger partial charge in [0, 0.05) is 29.8 Å². The fourth-order valence-corrected chi connectivity index (χ4v) is 2.23. The van der Waals surface area contributed by atoms with Crippen molar-refractivity contribution in [3.8, 4) is 11.5 Å². The molecule has 0 fully saturated rings. The van der Waals surface area contributed by atoms with Crippen molar-refractivity contribution in [2.24, 2.45) is 0 Å². The predicted octanol–water partition coefficient (Wildman–Crippen LogP) is 3.89. The molecule has 0 saturated carbocycles. The highest BCUT2D eigenvalue weighted by molar-refractivity contribution is 5.79. The summed E-state index contributed by atoms with van der Waals surface area (Å²) in [4.78, 5) is 4.28. The summed E-state index contributed by atoms with van der Waals surface area (Å²) in [5, 5.41) is 4.03. The third-order valence-corrected chi connectivity index (χ3v) is 3.21. The lowest BCUT2D eigenvalue weighted by Gasteiger charge is -2.12. The molecule has 1 aromatic heterocycles. The lowest BCUT2D eigenvalue weighted by atomic mass is 10.2. The highest BCUT2D eigenvalue weighted by atomic mass is 19.1. The second-order valence-electron chi connectivity index (χ2n) is 4.72. The van der Waals surface area contributed by atoms with Gasteiger partial charge in [0.25, 0.3) is 0 Å². The lowest BCUT2D eigenvalue weighted by Crippen LogP contribution is -2.07. The molecule has 0 aliphatic heterocycles. The third kappa shape index (κ3) is 2.85. The fourth-order valence-electron chi connectivity index (χ4n) is 2.23. The van der Waals surface area contributed by atoms with E-state index >= 15 is 0 Å². The summed E-state index contributed by atoms with van der Waals surface area (Å²) in [6.07, 6.45) is 1.72. The van der Waals surface area contributed by atoms with E-state index in [0.29, 0.717) is 12.3 Å². The molecule has 0 spiro atoms. The quantitative estimate of drug-likeness (QED) is 0.788. The van der Waals surface area contributed by atoms with Gasteiger partial charge in [-0.05, 0) is 31.3 Å². The van der Waals surface area contributed by atoms with Crippen molar-refractivity contribution < 1.29 is 9.13 Å². The number of pyridine rings is 1. The molecular formula is C17H15FN2O. The largest absolute Gasteiger partial charge is 0.454 e. The van der Waals surface area contributed by atoms with Crippen LogP contribution in [0.15, 0.2) is 54.7 Å². The maximum absolute atomic E-state index is 14.0. The number of hydrogen-bond donors (Lipinski definition) is 1. The standard InChI is InChI=1S/C17H15FN2O/c1-19-11-13-4-2-6-15(18)17(13)21-14-8-7-12-5-3-9-20-16(12)10-14/h2-10,19H,11H2,1H3. The molecule has 21 heavy (non-hydrogen) atoms. The number of para-hydroxylation sites is 1. The van der Waals surface area contributed by atoms with Gasteiger partial charge in [-0.15, -0.1) is 0 Å². The molecule has 2 aromatic carbocycles. The van der Waals surface area contributed by atoms with Gasteiger partial charge in [0.15, 0.2) is 11.6 Å². The Hall–Kier alpha value is -2.46. The molecule has 3 rings (SSSR count). The van der Waals surface area contributed by atoms with Gasteiger partial charge in [-0.1, -0.05) is 18.2 Å². The molecule has 0 amide bonds. The van der Waals surface area contributed by atoms with Crippen molar-refractivity contribution in [1.82, 2.24) is 10.3 Å². The first kappa shape index (κ1) is 13.5. The van der Waals surface area contributed by atoms with Crippen molar-refractivity contribution in [3.63, 3.8) is 0 Å². The minimum Gasteiger partial charge on any atom is -0.454 e. The summed E-state index contributed by atoms with van der Waals surface area (Å²) in [7, 11) is 1.81. The van der Waals surface area contributed by atoms with Gasteiger partial charge in [-0.25, -0.2) is 4.39 Å². The average molecular weight is 282 g/mol. The van der Waals surface area contributed by atoms with Crippen LogP contribution in [0, 0.1) is 5.82 Å². The number of aromatic nitrogens is 1. The molecule has 1 heterocycles. The van der Waals surface area contributed by atoms with Crippen LogP contribution in [-0.2, 0) is 6.54 Å². The van der Waals surface area contributed by atoms with E-state index in [1.165, 1.54) is 6.07 Å². The Balaban J connectivity index is 1.98. The van der Waals surface area contributed by atoms with Crippen LogP contribution in [0.5, 0.6) is 11.5 Å². The molecule has 4 heteroatoms. The van der Waals surface area contributed by atoms with Crippen LogP contribution in [0.2, 0.25) is 0 Å². The Morgan fingerprint density at radius 3 is 2.90 bits per heavy atom. The molecule has 0 aliphatic carbocycles. The number of ether oxygens (including phenoxy) is 1. The summed E-state index contributed by atoms with van der Waals surface area (Å²) in [6.45, 7) is 0.541. The highest BCUT2D eigenvalue weighted by Crippen LogP contribution is 2.29. The lowest BCUT2D eigenvalue weighted by molar-refractivity contribution is 0.435. The van der Waals surface area contributed by atoms with Gasteiger partial charge in [0.2, 0.25) is 0 Å². The molecule has 0 radical (unpaired) electrons. The minimum absolute atomic E-state index is 0.252. The molecule has 3 nitrogen and oxygen atoms in total. The maximum atomic E-state index is 14.0. The molecule has 3 aromatic rings. The normalized spacial score (nSPS) is 10.8. The first-order valence-corrected chi connectivity index (χ1v) is 6.72. The Kier molecular flexibility index (Phi) is 3.79. The topological polar surface area (TPSA) is 34.1 Å². The Labute approximate surface area is 122 Å². The van der Waals surface area contributed by atoms with Crippen LogP contribution in [-0.4, -0.2) is 12.0 Å². The smallest absolute Gasteiger partial charge is 0.167 e. The first-order valence-electron chi connectivity index (χ1n) is 6.72. The van der Waals surface area contributed by atoms with Crippen LogP contribution in [0.1, 0.15) is 5.56 Å². The fraction of sp³-hybridized carbons (Fsp3) is 0.118. The van der Waals surface area contributed by atoms with Gasteiger partial charge in [-0.2, -0.15) is 0 Å². The van der Waals surface area contributed by atoms with Crippen LogP contribution in [0.4, 0.5) is 4.39 Å². The van der Waals surface area contributed by atoms with E-state index < -0.39 is 0 Å². The zero-order chi connectivity index (χ0) is 14.7. The Bertz CT molecular complexity index is 774. The number of fused-ring (bicyclic) bond motifs is 1. The average Bonchev–Trinajstić information content (AvgIpc) is 2.51.